The number of carbonyl (C=O) groups excluding carboxylic acids is 2. The van der Waals surface area contributed by atoms with Crippen molar-refractivity contribution in [3.63, 3.8) is 0 Å². The molecular weight excluding hydrogens is 324 g/mol. The molecule has 1 N–H and O–H groups in total. The lowest BCUT2D eigenvalue weighted by atomic mass is 10.2. The lowest BCUT2D eigenvalue weighted by molar-refractivity contribution is -0.114. The van der Waals surface area contributed by atoms with E-state index in [1.165, 1.54) is 18.3 Å². The third kappa shape index (κ3) is 3.94. The highest BCUT2D eigenvalue weighted by Gasteiger charge is 2.33. The first kappa shape index (κ1) is 16.5. The first-order chi connectivity index (χ1) is 11.6. The molecule has 1 aromatic carbocycles. The number of benzene rings is 1. The molecule has 1 heterocycles. The predicted octanol–water partition coefficient (Wildman–Crippen LogP) is 3.52. The minimum atomic E-state index is -0.131. The first-order valence-corrected chi connectivity index (χ1v) is 8.70. The fourth-order valence-electron chi connectivity index (χ4n) is 2.52. The molecule has 0 spiro atoms. The molecule has 0 unspecified atom stereocenters. The highest BCUT2D eigenvalue weighted by molar-refractivity contribution is 7.18. The molecule has 1 saturated carbocycles. The Kier molecular flexibility index (Phi) is 4.85. The summed E-state index contributed by atoms with van der Waals surface area (Å²) >= 11 is 1.32. The van der Waals surface area contributed by atoms with Gasteiger partial charge < -0.3 is 15.0 Å². The van der Waals surface area contributed by atoms with Crippen molar-refractivity contribution in [2.45, 2.75) is 32.4 Å². The number of hydrogen-bond donors (Lipinski definition) is 1. The molecule has 1 aliphatic rings. The van der Waals surface area contributed by atoms with Crippen molar-refractivity contribution in [1.29, 1.82) is 0 Å². The molecule has 24 heavy (non-hydrogen) atoms. The molecule has 126 valence electrons. The molecular formula is C18H20N2O3S. The number of thiophene rings is 1. The van der Waals surface area contributed by atoms with Crippen LogP contribution in [0.3, 0.4) is 0 Å². The molecule has 2 aromatic rings. The van der Waals surface area contributed by atoms with Crippen molar-refractivity contribution in [3.05, 3.63) is 46.8 Å². The Balaban J connectivity index is 1.73. The average Bonchev–Trinajstić information content (AvgIpc) is 3.31. The summed E-state index contributed by atoms with van der Waals surface area (Å²) in [6.07, 6.45) is 2.09. The average molecular weight is 344 g/mol. The third-order valence-electron chi connectivity index (χ3n) is 3.88. The standard InChI is InChI=1S/C18H20N2O3S/c1-12(21)19-17-10-9-16(24-17)18(22)20(14-5-6-14)11-13-3-7-15(23-2)8-4-13/h3-4,7-10,14H,5-6,11H2,1-2H3,(H,19,21). The number of nitrogens with zero attached hydrogens (tertiary/aromatic N) is 1. The van der Waals surface area contributed by atoms with Crippen LogP contribution in [-0.2, 0) is 11.3 Å². The van der Waals surface area contributed by atoms with Gasteiger partial charge in [-0.1, -0.05) is 12.1 Å². The highest BCUT2D eigenvalue weighted by atomic mass is 32.1. The molecule has 0 bridgehead atoms. The van der Waals surface area contributed by atoms with Gasteiger partial charge in [0.15, 0.2) is 0 Å². The summed E-state index contributed by atoms with van der Waals surface area (Å²) in [7, 11) is 1.64. The van der Waals surface area contributed by atoms with E-state index in [1.807, 2.05) is 29.2 Å². The highest BCUT2D eigenvalue weighted by Crippen LogP contribution is 2.32. The van der Waals surface area contributed by atoms with Crippen molar-refractivity contribution >= 4 is 28.2 Å². The number of rotatable bonds is 6. The molecule has 5 nitrogen and oxygen atoms in total. The van der Waals surface area contributed by atoms with E-state index in [9.17, 15) is 9.59 Å². The SMILES string of the molecule is COc1ccc(CN(C(=O)c2ccc(NC(C)=O)s2)C2CC2)cc1. The molecule has 0 saturated heterocycles. The maximum Gasteiger partial charge on any atom is 0.264 e. The first-order valence-electron chi connectivity index (χ1n) is 7.88. The lowest BCUT2D eigenvalue weighted by Gasteiger charge is -2.22. The van der Waals surface area contributed by atoms with Crippen LogP contribution in [-0.4, -0.2) is 29.9 Å². The van der Waals surface area contributed by atoms with E-state index in [0.717, 1.165) is 24.2 Å². The molecule has 0 aliphatic heterocycles. The van der Waals surface area contributed by atoms with Gasteiger partial charge in [-0.2, -0.15) is 0 Å². The van der Waals surface area contributed by atoms with E-state index in [-0.39, 0.29) is 11.8 Å². The number of nitrogens with one attached hydrogen (secondary N) is 1. The number of methoxy groups -OCH3 is 1. The Bertz CT molecular complexity index is 735. The Morgan fingerprint density at radius 2 is 1.92 bits per heavy atom. The van der Waals surface area contributed by atoms with Gasteiger partial charge in [0.2, 0.25) is 5.91 Å². The maximum absolute atomic E-state index is 12.9. The van der Waals surface area contributed by atoms with E-state index in [4.69, 9.17) is 4.74 Å². The fourth-order valence-corrected chi connectivity index (χ4v) is 3.42. The van der Waals surface area contributed by atoms with Gasteiger partial charge in [-0.15, -0.1) is 11.3 Å². The van der Waals surface area contributed by atoms with Gasteiger partial charge in [0, 0.05) is 19.5 Å². The van der Waals surface area contributed by atoms with Crippen LogP contribution in [0.15, 0.2) is 36.4 Å². The van der Waals surface area contributed by atoms with Gasteiger partial charge in [-0.25, -0.2) is 0 Å². The van der Waals surface area contributed by atoms with Crippen LogP contribution < -0.4 is 10.1 Å². The summed E-state index contributed by atoms with van der Waals surface area (Å²) < 4.78 is 5.17. The van der Waals surface area contributed by atoms with Crippen LogP contribution in [0.1, 0.15) is 35.0 Å². The van der Waals surface area contributed by atoms with Crippen molar-refractivity contribution in [1.82, 2.24) is 4.90 Å². The number of hydrogen-bond acceptors (Lipinski definition) is 4. The molecule has 3 rings (SSSR count). The summed E-state index contributed by atoms with van der Waals surface area (Å²) in [6, 6.07) is 11.7. The summed E-state index contributed by atoms with van der Waals surface area (Å²) in [5.41, 5.74) is 1.08. The minimum Gasteiger partial charge on any atom is -0.497 e. The van der Waals surface area contributed by atoms with Crippen LogP contribution in [0.2, 0.25) is 0 Å². The monoisotopic (exact) mass is 344 g/mol. The second-order valence-corrected chi connectivity index (χ2v) is 6.94. The van der Waals surface area contributed by atoms with Gasteiger partial charge in [-0.05, 0) is 42.7 Å². The topological polar surface area (TPSA) is 58.6 Å². The van der Waals surface area contributed by atoms with Crippen molar-refractivity contribution < 1.29 is 14.3 Å². The van der Waals surface area contributed by atoms with E-state index in [0.29, 0.717) is 22.5 Å². The zero-order valence-electron chi connectivity index (χ0n) is 13.7. The zero-order valence-corrected chi connectivity index (χ0v) is 14.6. The maximum atomic E-state index is 12.9. The smallest absolute Gasteiger partial charge is 0.264 e. The second kappa shape index (κ2) is 7.05. The molecule has 1 fully saturated rings. The molecule has 0 radical (unpaired) electrons. The zero-order chi connectivity index (χ0) is 17.1. The summed E-state index contributed by atoms with van der Waals surface area (Å²) in [6.45, 7) is 2.04. The van der Waals surface area contributed by atoms with E-state index < -0.39 is 0 Å². The molecule has 1 aromatic heterocycles. The van der Waals surface area contributed by atoms with Gasteiger partial charge in [-0.3, -0.25) is 9.59 Å². The predicted molar refractivity (Wildman–Crippen MR) is 94.5 cm³/mol. The van der Waals surface area contributed by atoms with Gasteiger partial charge in [0.1, 0.15) is 5.75 Å². The summed E-state index contributed by atoms with van der Waals surface area (Å²) in [5.74, 6) is 0.698. The fraction of sp³-hybridized carbons (Fsp3) is 0.333. The normalized spacial score (nSPS) is 13.4. The van der Waals surface area contributed by atoms with Crippen LogP contribution in [0.4, 0.5) is 5.00 Å². The van der Waals surface area contributed by atoms with E-state index in [2.05, 4.69) is 5.32 Å². The third-order valence-corrected chi connectivity index (χ3v) is 4.87. The quantitative estimate of drug-likeness (QED) is 0.872. The Morgan fingerprint density at radius 1 is 1.21 bits per heavy atom. The number of amides is 2. The second-order valence-electron chi connectivity index (χ2n) is 5.86. The molecule has 2 amide bonds. The number of anilines is 1. The number of carbonyl (C=O) groups is 2. The van der Waals surface area contributed by atoms with Crippen molar-refractivity contribution in [2.75, 3.05) is 12.4 Å². The van der Waals surface area contributed by atoms with Crippen LogP contribution >= 0.6 is 11.3 Å². The molecule has 0 atom stereocenters. The minimum absolute atomic E-state index is 0.0231. The summed E-state index contributed by atoms with van der Waals surface area (Å²) in [5, 5.41) is 3.42. The van der Waals surface area contributed by atoms with Crippen LogP contribution in [0.5, 0.6) is 5.75 Å². The Morgan fingerprint density at radius 3 is 2.50 bits per heavy atom. The van der Waals surface area contributed by atoms with Crippen molar-refractivity contribution in [2.24, 2.45) is 0 Å². The Hall–Kier alpha value is -2.34. The van der Waals surface area contributed by atoms with Crippen molar-refractivity contribution in [3.8, 4) is 5.75 Å². The van der Waals surface area contributed by atoms with Gasteiger partial charge in [0.05, 0.1) is 17.0 Å². The van der Waals surface area contributed by atoms with E-state index in [1.54, 1.807) is 19.2 Å². The number of ether oxygens (including phenoxy) is 1. The largest absolute Gasteiger partial charge is 0.497 e. The van der Waals surface area contributed by atoms with Gasteiger partial charge in [0.25, 0.3) is 5.91 Å². The van der Waals surface area contributed by atoms with Crippen LogP contribution in [0, 0.1) is 0 Å². The molecule has 1 aliphatic carbocycles. The van der Waals surface area contributed by atoms with Crippen LogP contribution in [0.25, 0.3) is 0 Å². The summed E-state index contributed by atoms with van der Waals surface area (Å²) in [4.78, 5) is 26.6. The molecule has 6 heteroatoms. The lowest BCUT2D eigenvalue weighted by Crippen LogP contribution is -2.32. The van der Waals surface area contributed by atoms with Gasteiger partial charge >= 0.3 is 0 Å². The van der Waals surface area contributed by atoms with E-state index >= 15 is 0 Å². The Labute approximate surface area is 145 Å².